The van der Waals surface area contributed by atoms with Crippen molar-refractivity contribution < 1.29 is 10.2 Å². The molecule has 0 radical (unpaired) electrons. The first-order chi connectivity index (χ1) is 8.40. The van der Waals surface area contributed by atoms with E-state index in [-0.39, 0.29) is 22.8 Å². The standard InChI is InChI=1S/C9H11N5O4/c1-2(15)5(16)3-7(17)12-4-6(11-3)13-9(10)14-8(4)18/h2,5,15-16H,1H3,(H,12,17)(H3,10,11,13,14,18). The Morgan fingerprint density at radius 2 is 1.83 bits per heavy atom. The van der Waals surface area contributed by atoms with Gasteiger partial charge in [0.25, 0.3) is 11.1 Å². The molecule has 0 spiro atoms. The molecule has 6 N–H and O–H groups in total. The maximum atomic E-state index is 11.6. The van der Waals surface area contributed by atoms with Crippen LogP contribution in [0.25, 0.3) is 11.2 Å². The van der Waals surface area contributed by atoms with Crippen LogP contribution in [0.4, 0.5) is 5.95 Å². The number of nitrogens with one attached hydrogen (secondary N) is 2. The molecule has 2 aromatic heterocycles. The molecule has 18 heavy (non-hydrogen) atoms. The minimum atomic E-state index is -1.47. The van der Waals surface area contributed by atoms with Crippen LogP contribution < -0.4 is 16.9 Å². The monoisotopic (exact) mass is 253 g/mol. The van der Waals surface area contributed by atoms with Crippen molar-refractivity contribution in [3.05, 3.63) is 26.4 Å². The first kappa shape index (κ1) is 12.2. The second-order valence-electron chi connectivity index (χ2n) is 3.79. The first-order valence-corrected chi connectivity index (χ1v) is 5.06. The van der Waals surface area contributed by atoms with Gasteiger partial charge in [0, 0.05) is 0 Å². The van der Waals surface area contributed by atoms with E-state index in [4.69, 9.17) is 5.73 Å². The van der Waals surface area contributed by atoms with Crippen molar-refractivity contribution in [3.63, 3.8) is 0 Å². The molecule has 2 rings (SSSR count). The van der Waals surface area contributed by atoms with Gasteiger partial charge in [-0.15, -0.1) is 0 Å². The van der Waals surface area contributed by atoms with Crippen LogP contribution in [-0.2, 0) is 0 Å². The minimum absolute atomic E-state index is 0.106. The number of hydrogen-bond acceptors (Lipinski definition) is 7. The predicted octanol–water partition coefficient (Wildman–Crippen LogP) is -2.00. The summed E-state index contributed by atoms with van der Waals surface area (Å²) >= 11 is 0. The molecule has 0 aromatic carbocycles. The number of aromatic amines is 2. The van der Waals surface area contributed by atoms with Gasteiger partial charge in [-0.25, -0.2) is 4.98 Å². The van der Waals surface area contributed by atoms with Crippen molar-refractivity contribution in [2.45, 2.75) is 19.1 Å². The number of fused-ring (bicyclic) bond motifs is 1. The number of anilines is 1. The molecule has 0 aliphatic heterocycles. The number of rotatable bonds is 2. The number of nitrogens with two attached hydrogens (primary N) is 1. The number of H-pyrrole nitrogens is 2. The Hall–Kier alpha value is -2.26. The van der Waals surface area contributed by atoms with Crippen LogP contribution in [0.15, 0.2) is 9.59 Å². The van der Waals surface area contributed by atoms with Gasteiger partial charge < -0.3 is 20.9 Å². The van der Waals surface area contributed by atoms with Gasteiger partial charge in [-0.05, 0) is 6.92 Å². The Labute approximate surface area is 99.3 Å². The molecule has 0 saturated carbocycles. The summed E-state index contributed by atoms with van der Waals surface area (Å²) in [5, 5.41) is 18.8. The van der Waals surface area contributed by atoms with Gasteiger partial charge in [0.05, 0.1) is 6.10 Å². The zero-order chi connectivity index (χ0) is 13.4. The summed E-state index contributed by atoms with van der Waals surface area (Å²) in [6, 6.07) is 0. The Balaban J connectivity index is 2.76. The average Bonchev–Trinajstić information content (AvgIpc) is 2.28. The number of aromatic nitrogens is 4. The van der Waals surface area contributed by atoms with Crippen LogP contribution in [0.5, 0.6) is 0 Å². The third-order valence-corrected chi connectivity index (χ3v) is 2.35. The minimum Gasteiger partial charge on any atom is -0.390 e. The molecule has 2 unspecified atom stereocenters. The second-order valence-corrected chi connectivity index (χ2v) is 3.79. The highest BCUT2D eigenvalue weighted by Crippen LogP contribution is 2.11. The lowest BCUT2D eigenvalue weighted by molar-refractivity contribution is 0.0270. The average molecular weight is 253 g/mol. The molecule has 0 bridgehead atoms. The summed E-state index contributed by atoms with van der Waals surface area (Å²) in [7, 11) is 0. The maximum Gasteiger partial charge on any atom is 0.278 e. The molecule has 9 heteroatoms. The first-order valence-electron chi connectivity index (χ1n) is 5.06. The fraction of sp³-hybridized carbons (Fsp3) is 0.333. The second kappa shape index (κ2) is 4.20. The van der Waals surface area contributed by atoms with Gasteiger partial charge in [0.2, 0.25) is 5.95 Å². The number of hydrogen-bond donors (Lipinski definition) is 5. The van der Waals surface area contributed by atoms with Gasteiger partial charge >= 0.3 is 0 Å². The molecular formula is C9H11N5O4. The summed E-state index contributed by atoms with van der Waals surface area (Å²) < 4.78 is 0. The molecule has 0 aliphatic carbocycles. The fourth-order valence-corrected chi connectivity index (χ4v) is 1.44. The van der Waals surface area contributed by atoms with Crippen molar-refractivity contribution in [1.29, 1.82) is 0 Å². The van der Waals surface area contributed by atoms with Gasteiger partial charge in [0.15, 0.2) is 11.2 Å². The van der Waals surface area contributed by atoms with E-state index in [1.54, 1.807) is 0 Å². The highest BCUT2D eigenvalue weighted by Gasteiger charge is 2.20. The van der Waals surface area contributed by atoms with Gasteiger partial charge in [-0.2, -0.15) is 4.98 Å². The third kappa shape index (κ3) is 1.96. The van der Waals surface area contributed by atoms with Gasteiger partial charge in [-0.3, -0.25) is 14.6 Å². The number of aliphatic hydroxyl groups excluding tert-OH is 2. The van der Waals surface area contributed by atoms with Crippen molar-refractivity contribution in [3.8, 4) is 0 Å². The van der Waals surface area contributed by atoms with Crippen LogP contribution >= 0.6 is 0 Å². The van der Waals surface area contributed by atoms with Crippen LogP contribution in [0.1, 0.15) is 18.7 Å². The molecule has 0 aliphatic rings. The van der Waals surface area contributed by atoms with E-state index in [2.05, 4.69) is 19.9 Å². The Morgan fingerprint density at radius 3 is 2.44 bits per heavy atom. The predicted molar refractivity (Wildman–Crippen MR) is 61.8 cm³/mol. The van der Waals surface area contributed by atoms with Crippen LogP contribution in [0, 0.1) is 0 Å². The van der Waals surface area contributed by atoms with Crippen molar-refractivity contribution in [1.82, 2.24) is 19.9 Å². The van der Waals surface area contributed by atoms with Crippen LogP contribution in [-0.4, -0.2) is 36.3 Å². The normalized spacial score (nSPS) is 14.6. The van der Waals surface area contributed by atoms with E-state index in [1.165, 1.54) is 6.92 Å². The Bertz CT molecular complexity index is 704. The fourth-order valence-electron chi connectivity index (χ4n) is 1.44. The molecule has 9 nitrogen and oxygen atoms in total. The van der Waals surface area contributed by atoms with Crippen molar-refractivity contribution in [2.75, 3.05) is 5.73 Å². The van der Waals surface area contributed by atoms with E-state index in [0.29, 0.717) is 0 Å². The quantitative estimate of drug-likeness (QED) is 0.414. The SMILES string of the molecule is CC(O)C(O)c1nc2nc(N)[nH]c(=O)c2[nH]c1=O. The molecule has 0 amide bonds. The summed E-state index contributed by atoms with van der Waals surface area (Å²) in [5.41, 5.74) is 3.36. The van der Waals surface area contributed by atoms with E-state index in [1.807, 2.05) is 0 Å². The highest BCUT2D eigenvalue weighted by molar-refractivity contribution is 5.69. The largest absolute Gasteiger partial charge is 0.390 e. The zero-order valence-corrected chi connectivity index (χ0v) is 9.34. The summed E-state index contributed by atoms with van der Waals surface area (Å²) in [4.78, 5) is 35.0. The molecule has 2 heterocycles. The molecule has 0 saturated heterocycles. The molecule has 0 fully saturated rings. The zero-order valence-electron chi connectivity index (χ0n) is 9.34. The van der Waals surface area contributed by atoms with E-state index in [0.717, 1.165) is 0 Å². The Kier molecular flexibility index (Phi) is 2.85. The van der Waals surface area contributed by atoms with Crippen LogP contribution in [0.3, 0.4) is 0 Å². The maximum absolute atomic E-state index is 11.6. The number of aliphatic hydroxyl groups is 2. The lowest BCUT2D eigenvalue weighted by Gasteiger charge is -2.11. The topological polar surface area (TPSA) is 158 Å². The summed E-state index contributed by atoms with van der Waals surface area (Å²) in [6.07, 6.45) is -2.66. The third-order valence-electron chi connectivity index (χ3n) is 2.35. The smallest absolute Gasteiger partial charge is 0.278 e. The lowest BCUT2D eigenvalue weighted by atomic mass is 10.1. The highest BCUT2D eigenvalue weighted by atomic mass is 16.3. The van der Waals surface area contributed by atoms with Crippen molar-refractivity contribution in [2.24, 2.45) is 0 Å². The molecule has 2 aromatic rings. The summed E-state index contributed by atoms with van der Waals surface area (Å²) in [5.74, 6) is -0.162. The molecular weight excluding hydrogens is 242 g/mol. The Morgan fingerprint density at radius 1 is 1.17 bits per heavy atom. The summed E-state index contributed by atoms with van der Waals surface area (Å²) in [6.45, 7) is 1.30. The lowest BCUT2D eigenvalue weighted by Crippen LogP contribution is -2.27. The van der Waals surface area contributed by atoms with E-state index in [9.17, 15) is 19.8 Å². The van der Waals surface area contributed by atoms with Crippen molar-refractivity contribution >= 4 is 17.1 Å². The molecule has 2 atom stereocenters. The van der Waals surface area contributed by atoms with Gasteiger partial charge in [-0.1, -0.05) is 0 Å². The van der Waals surface area contributed by atoms with Gasteiger partial charge in [0.1, 0.15) is 11.8 Å². The van der Waals surface area contributed by atoms with E-state index >= 15 is 0 Å². The van der Waals surface area contributed by atoms with E-state index < -0.39 is 23.3 Å². The van der Waals surface area contributed by atoms with Crippen LogP contribution in [0.2, 0.25) is 0 Å². The number of nitrogen functional groups attached to an aromatic ring is 1. The molecule has 96 valence electrons. The number of nitrogens with zero attached hydrogens (tertiary/aromatic N) is 2.